The maximum Gasteiger partial charge on any atom is 0.321 e. The predicted octanol–water partition coefficient (Wildman–Crippen LogP) is -0.994. The van der Waals surface area contributed by atoms with Crippen LogP contribution in [-0.4, -0.2) is 46.8 Å². The summed E-state index contributed by atoms with van der Waals surface area (Å²) < 4.78 is 25.2. The number of sulfonamides is 1. The van der Waals surface area contributed by atoms with Crippen LogP contribution < -0.4 is 4.72 Å². The van der Waals surface area contributed by atoms with E-state index in [4.69, 9.17) is 10.2 Å². The maximum absolute atomic E-state index is 11.7. The van der Waals surface area contributed by atoms with Gasteiger partial charge in [-0.3, -0.25) is 14.7 Å². The Bertz CT molecular complexity index is 523. The summed E-state index contributed by atoms with van der Waals surface area (Å²) in [5.41, 5.74) is 0. The van der Waals surface area contributed by atoms with Gasteiger partial charge in [-0.2, -0.15) is 9.82 Å². The number of hydrogen-bond acceptors (Lipinski definition) is 5. The van der Waals surface area contributed by atoms with E-state index in [1.54, 1.807) is 0 Å². The SMILES string of the molecule is O=C(O)CC[C@@H](NS(=O)(=O)c1cn[nH]c1)C(=O)O. The van der Waals surface area contributed by atoms with Crippen molar-refractivity contribution in [1.29, 1.82) is 0 Å². The normalized spacial score (nSPS) is 13.1. The quantitative estimate of drug-likeness (QED) is 0.499. The molecule has 0 amide bonds. The third-order valence-corrected chi connectivity index (χ3v) is 3.46. The molecule has 1 atom stereocenters. The Balaban J connectivity index is 2.78. The lowest BCUT2D eigenvalue weighted by Crippen LogP contribution is -2.40. The third-order valence-electron chi connectivity index (χ3n) is 2.03. The number of aromatic nitrogens is 2. The highest BCUT2D eigenvalue weighted by Gasteiger charge is 2.26. The molecule has 4 N–H and O–H groups in total. The average Bonchev–Trinajstić information content (AvgIpc) is 2.77. The number of hydrogen-bond donors (Lipinski definition) is 4. The molecule has 1 aromatic rings. The van der Waals surface area contributed by atoms with Crippen molar-refractivity contribution in [2.75, 3.05) is 0 Å². The maximum atomic E-state index is 11.7. The topological polar surface area (TPSA) is 149 Å². The van der Waals surface area contributed by atoms with E-state index in [9.17, 15) is 18.0 Å². The largest absolute Gasteiger partial charge is 0.481 e. The second kappa shape index (κ2) is 5.60. The fourth-order valence-corrected chi connectivity index (χ4v) is 2.27. The molecule has 0 bridgehead atoms. The van der Waals surface area contributed by atoms with Gasteiger partial charge in [-0.15, -0.1) is 0 Å². The van der Waals surface area contributed by atoms with Gasteiger partial charge in [0, 0.05) is 12.6 Å². The monoisotopic (exact) mass is 277 g/mol. The van der Waals surface area contributed by atoms with Gasteiger partial charge in [0.05, 0.1) is 6.20 Å². The first-order chi connectivity index (χ1) is 8.33. The van der Waals surface area contributed by atoms with Gasteiger partial charge in [-0.1, -0.05) is 0 Å². The van der Waals surface area contributed by atoms with Crippen LogP contribution in [0, 0.1) is 0 Å². The summed E-state index contributed by atoms with van der Waals surface area (Å²) in [7, 11) is -4.03. The summed E-state index contributed by atoms with van der Waals surface area (Å²) in [6, 6.07) is -1.50. The molecule has 0 spiro atoms. The number of nitrogens with one attached hydrogen (secondary N) is 2. The molecule has 0 aliphatic carbocycles. The van der Waals surface area contributed by atoms with Crippen LogP contribution in [-0.2, 0) is 19.6 Å². The third kappa shape index (κ3) is 3.82. The summed E-state index contributed by atoms with van der Waals surface area (Å²) in [6.45, 7) is 0. The van der Waals surface area contributed by atoms with Crippen molar-refractivity contribution in [2.45, 2.75) is 23.8 Å². The Labute approximate surface area is 102 Å². The summed E-state index contributed by atoms with van der Waals surface area (Å²) in [6.07, 6.45) is 1.30. The van der Waals surface area contributed by atoms with Gasteiger partial charge in [0.15, 0.2) is 0 Å². The minimum Gasteiger partial charge on any atom is -0.481 e. The van der Waals surface area contributed by atoms with Gasteiger partial charge in [-0.05, 0) is 6.42 Å². The van der Waals surface area contributed by atoms with E-state index in [-0.39, 0.29) is 11.3 Å². The summed E-state index contributed by atoms with van der Waals surface area (Å²) >= 11 is 0. The fourth-order valence-electron chi connectivity index (χ4n) is 1.14. The van der Waals surface area contributed by atoms with Crippen LogP contribution in [0.1, 0.15) is 12.8 Å². The molecule has 0 aliphatic heterocycles. The Morgan fingerprint density at radius 1 is 1.44 bits per heavy atom. The molecule has 0 saturated heterocycles. The second-order valence-electron chi connectivity index (χ2n) is 3.38. The van der Waals surface area contributed by atoms with Gasteiger partial charge < -0.3 is 10.2 Å². The number of aromatic amines is 1. The molecule has 9 nitrogen and oxygen atoms in total. The number of carbonyl (C=O) groups is 2. The number of rotatable bonds is 7. The van der Waals surface area contributed by atoms with Gasteiger partial charge >= 0.3 is 11.9 Å². The molecule has 0 unspecified atom stereocenters. The second-order valence-corrected chi connectivity index (χ2v) is 5.09. The van der Waals surface area contributed by atoms with E-state index in [0.717, 1.165) is 12.4 Å². The Hall–Kier alpha value is -1.94. The molecule has 1 heterocycles. The molecule has 0 aliphatic rings. The van der Waals surface area contributed by atoms with Crippen molar-refractivity contribution in [2.24, 2.45) is 0 Å². The van der Waals surface area contributed by atoms with Gasteiger partial charge in [0.1, 0.15) is 10.9 Å². The lowest BCUT2D eigenvalue weighted by atomic mass is 10.2. The summed E-state index contributed by atoms with van der Waals surface area (Å²) in [5.74, 6) is -2.65. The van der Waals surface area contributed by atoms with Crippen molar-refractivity contribution in [3.8, 4) is 0 Å². The van der Waals surface area contributed by atoms with Crippen LogP contribution in [0.25, 0.3) is 0 Å². The zero-order valence-corrected chi connectivity index (χ0v) is 9.85. The highest BCUT2D eigenvalue weighted by Crippen LogP contribution is 2.08. The number of carboxylic acids is 2. The number of nitrogens with zero attached hydrogens (tertiary/aromatic N) is 1. The standard InChI is InChI=1S/C8H11N3O6S/c12-7(13)2-1-6(8(14)15)11-18(16,17)5-3-9-10-4-5/h3-4,6,11H,1-2H2,(H,9,10)(H,12,13)(H,14,15)/t6-/m1/s1. The molecular formula is C8H11N3O6S. The van der Waals surface area contributed by atoms with Crippen molar-refractivity contribution in [3.63, 3.8) is 0 Å². The Kier molecular flexibility index (Phi) is 4.39. The van der Waals surface area contributed by atoms with Crippen LogP contribution in [0.4, 0.5) is 0 Å². The Morgan fingerprint density at radius 3 is 2.56 bits per heavy atom. The molecule has 0 saturated carbocycles. The van der Waals surface area contributed by atoms with Crippen LogP contribution in [0.3, 0.4) is 0 Å². The molecule has 100 valence electrons. The van der Waals surface area contributed by atoms with Crippen LogP contribution in [0.15, 0.2) is 17.3 Å². The van der Waals surface area contributed by atoms with E-state index in [0.29, 0.717) is 0 Å². The average molecular weight is 277 g/mol. The highest BCUT2D eigenvalue weighted by molar-refractivity contribution is 7.89. The number of aliphatic carboxylic acids is 2. The van der Waals surface area contributed by atoms with E-state index >= 15 is 0 Å². The van der Waals surface area contributed by atoms with E-state index < -0.39 is 34.4 Å². The summed E-state index contributed by atoms with van der Waals surface area (Å²) in [5, 5.41) is 23.0. The molecule has 18 heavy (non-hydrogen) atoms. The van der Waals surface area contributed by atoms with Crippen molar-refractivity contribution >= 4 is 22.0 Å². The van der Waals surface area contributed by atoms with Gasteiger partial charge in [0.25, 0.3) is 0 Å². The van der Waals surface area contributed by atoms with E-state index in [1.807, 2.05) is 4.72 Å². The van der Waals surface area contributed by atoms with Gasteiger partial charge in [0.2, 0.25) is 10.0 Å². The molecule has 10 heteroatoms. The van der Waals surface area contributed by atoms with Crippen molar-refractivity contribution < 1.29 is 28.2 Å². The van der Waals surface area contributed by atoms with E-state index in [2.05, 4.69) is 10.2 Å². The smallest absolute Gasteiger partial charge is 0.321 e. The predicted molar refractivity (Wildman–Crippen MR) is 57.2 cm³/mol. The van der Waals surface area contributed by atoms with Gasteiger partial charge in [-0.25, -0.2) is 8.42 Å². The molecule has 0 fully saturated rings. The zero-order chi connectivity index (χ0) is 13.8. The van der Waals surface area contributed by atoms with E-state index in [1.165, 1.54) is 0 Å². The lowest BCUT2D eigenvalue weighted by molar-refractivity contribution is -0.140. The Morgan fingerprint density at radius 2 is 2.11 bits per heavy atom. The summed E-state index contributed by atoms with van der Waals surface area (Å²) in [4.78, 5) is 20.9. The molecule has 1 rings (SSSR count). The van der Waals surface area contributed by atoms with Crippen molar-refractivity contribution in [3.05, 3.63) is 12.4 Å². The van der Waals surface area contributed by atoms with Crippen LogP contribution in [0.2, 0.25) is 0 Å². The first kappa shape index (κ1) is 14.1. The minimum atomic E-state index is -4.03. The fraction of sp³-hybridized carbons (Fsp3) is 0.375. The molecule has 1 aromatic heterocycles. The number of H-pyrrole nitrogens is 1. The van der Waals surface area contributed by atoms with Crippen LogP contribution in [0.5, 0.6) is 0 Å². The lowest BCUT2D eigenvalue weighted by Gasteiger charge is -2.12. The van der Waals surface area contributed by atoms with Crippen molar-refractivity contribution in [1.82, 2.24) is 14.9 Å². The zero-order valence-electron chi connectivity index (χ0n) is 9.03. The minimum absolute atomic E-state index is 0.218. The molecular weight excluding hydrogens is 266 g/mol. The first-order valence-electron chi connectivity index (χ1n) is 4.78. The molecule has 0 radical (unpaired) electrons. The first-order valence-corrected chi connectivity index (χ1v) is 6.27. The highest BCUT2D eigenvalue weighted by atomic mass is 32.2. The van der Waals surface area contributed by atoms with Crippen LogP contribution >= 0.6 is 0 Å². The molecule has 0 aromatic carbocycles. The number of carboxylic acid groups (broad SMARTS) is 2.